The number of imidazole rings is 1. The van der Waals surface area contributed by atoms with Crippen molar-refractivity contribution in [3.8, 4) is 0 Å². The first-order valence-corrected chi connectivity index (χ1v) is 8.18. The molecule has 3 rings (SSSR count). The lowest BCUT2D eigenvalue weighted by Crippen LogP contribution is -2.53. The summed E-state index contributed by atoms with van der Waals surface area (Å²) in [5, 5.41) is 12.5. The molecule has 124 valence electrons. The maximum Gasteiger partial charge on any atom is 0.317 e. The summed E-state index contributed by atoms with van der Waals surface area (Å²) in [5.41, 5.74) is 2.17. The molecule has 0 bridgehead atoms. The molecule has 23 heavy (non-hydrogen) atoms. The number of carboxylic acid groups (broad SMARTS) is 1. The monoisotopic (exact) mass is 316 g/mol. The Hall–Kier alpha value is -1.92. The highest BCUT2D eigenvalue weighted by Crippen LogP contribution is 2.26. The molecule has 0 saturated heterocycles. The topological polar surface area (TPSA) is 70.4 Å². The molecule has 2 N–H and O–H groups in total. The van der Waals surface area contributed by atoms with E-state index in [2.05, 4.69) is 20.9 Å². The number of nitrogens with zero attached hydrogens (tertiary/aromatic N) is 3. The van der Waals surface area contributed by atoms with Crippen molar-refractivity contribution in [3.63, 3.8) is 0 Å². The number of aromatic nitrogens is 2. The number of hydrogen-bond acceptors (Lipinski definition) is 4. The zero-order valence-corrected chi connectivity index (χ0v) is 13.7. The molecule has 0 radical (unpaired) electrons. The maximum absolute atomic E-state index is 10.9. The molecule has 0 amide bonds. The van der Waals surface area contributed by atoms with E-state index in [1.165, 1.54) is 0 Å². The second-order valence-corrected chi connectivity index (χ2v) is 6.24. The van der Waals surface area contributed by atoms with E-state index in [0.29, 0.717) is 12.1 Å². The van der Waals surface area contributed by atoms with Gasteiger partial charge in [-0.1, -0.05) is 19.1 Å². The van der Waals surface area contributed by atoms with Crippen LogP contribution in [-0.2, 0) is 18.4 Å². The Bertz CT molecular complexity index is 691. The number of carboxylic acids is 1. The highest BCUT2D eigenvalue weighted by atomic mass is 16.4. The average molecular weight is 316 g/mol. The molecule has 0 spiro atoms. The van der Waals surface area contributed by atoms with Crippen LogP contribution in [0.5, 0.6) is 0 Å². The van der Waals surface area contributed by atoms with Crippen LogP contribution < -0.4 is 5.32 Å². The molecule has 1 aliphatic carbocycles. The van der Waals surface area contributed by atoms with Crippen LogP contribution >= 0.6 is 0 Å². The average Bonchev–Trinajstić information content (AvgIpc) is 2.81. The van der Waals surface area contributed by atoms with E-state index >= 15 is 0 Å². The van der Waals surface area contributed by atoms with Crippen LogP contribution in [0.25, 0.3) is 11.0 Å². The van der Waals surface area contributed by atoms with Crippen molar-refractivity contribution >= 4 is 17.0 Å². The Morgan fingerprint density at radius 3 is 2.83 bits per heavy atom. The SMILES string of the molecule is CCN(CC(=O)O)C1CC(NCc2nc3ccccc3n2C)C1. The van der Waals surface area contributed by atoms with Gasteiger partial charge in [0.25, 0.3) is 0 Å². The van der Waals surface area contributed by atoms with Crippen LogP contribution in [0.3, 0.4) is 0 Å². The lowest BCUT2D eigenvalue weighted by atomic mass is 9.85. The summed E-state index contributed by atoms with van der Waals surface area (Å²) in [6.45, 7) is 3.68. The number of aliphatic carboxylic acids is 1. The summed E-state index contributed by atoms with van der Waals surface area (Å²) >= 11 is 0. The number of benzene rings is 1. The van der Waals surface area contributed by atoms with Gasteiger partial charge in [-0.05, 0) is 31.5 Å². The van der Waals surface area contributed by atoms with E-state index in [-0.39, 0.29) is 6.54 Å². The summed E-state index contributed by atoms with van der Waals surface area (Å²) < 4.78 is 2.13. The van der Waals surface area contributed by atoms with Crippen molar-refractivity contribution < 1.29 is 9.90 Å². The van der Waals surface area contributed by atoms with Gasteiger partial charge in [-0.2, -0.15) is 0 Å². The van der Waals surface area contributed by atoms with Crippen molar-refractivity contribution in [2.24, 2.45) is 7.05 Å². The second kappa shape index (κ2) is 6.68. The van der Waals surface area contributed by atoms with E-state index in [1.807, 2.05) is 37.1 Å². The molecule has 6 nitrogen and oxygen atoms in total. The second-order valence-electron chi connectivity index (χ2n) is 6.24. The molecule has 2 aromatic rings. The highest BCUT2D eigenvalue weighted by Gasteiger charge is 2.33. The first kappa shape index (κ1) is 16.0. The van der Waals surface area contributed by atoms with Crippen molar-refractivity contribution in [2.45, 2.75) is 38.4 Å². The Morgan fingerprint density at radius 2 is 2.17 bits per heavy atom. The zero-order valence-electron chi connectivity index (χ0n) is 13.7. The van der Waals surface area contributed by atoms with Gasteiger partial charge in [0.05, 0.1) is 24.1 Å². The van der Waals surface area contributed by atoms with Gasteiger partial charge in [0.15, 0.2) is 0 Å². The summed E-state index contributed by atoms with van der Waals surface area (Å²) in [6, 6.07) is 8.97. The van der Waals surface area contributed by atoms with Crippen LogP contribution in [0, 0.1) is 0 Å². The van der Waals surface area contributed by atoms with Gasteiger partial charge in [-0.15, -0.1) is 0 Å². The summed E-state index contributed by atoms with van der Waals surface area (Å²) in [6.07, 6.45) is 2.01. The molecule has 1 aliphatic rings. The number of hydrogen-bond donors (Lipinski definition) is 2. The van der Waals surface area contributed by atoms with Crippen LogP contribution in [0.1, 0.15) is 25.6 Å². The van der Waals surface area contributed by atoms with Crippen molar-refractivity contribution in [3.05, 3.63) is 30.1 Å². The number of carbonyl (C=O) groups is 1. The van der Waals surface area contributed by atoms with Gasteiger partial charge in [-0.3, -0.25) is 9.69 Å². The number of para-hydroxylation sites is 2. The summed E-state index contributed by atoms with van der Waals surface area (Å²) in [7, 11) is 2.04. The van der Waals surface area contributed by atoms with Crippen molar-refractivity contribution in [1.29, 1.82) is 0 Å². The number of likely N-dealkylation sites (N-methyl/N-ethyl adjacent to an activating group) is 1. The van der Waals surface area contributed by atoms with E-state index in [4.69, 9.17) is 5.11 Å². The predicted molar refractivity (Wildman–Crippen MR) is 89.2 cm³/mol. The van der Waals surface area contributed by atoms with Crippen LogP contribution in [-0.4, -0.2) is 50.7 Å². The fourth-order valence-electron chi connectivity index (χ4n) is 3.31. The highest BCUT2D eigenvalue weighted by molar-refractivity contribution is 5.75. The molecule has 0 aliphatic heterocycles. The molecular formula is C17H24N4O2. The van der Waals surface area contributed by atoms with Crippen molar-refractivity contribution in [1.82, 2.24) is 19.8 Å². The molecule has 1 heterocycles. The smallest absolute Gasteiger partial charge is 0.317 e. The molecule has 1 fully saturated rings. The maximum atomic E-state index is 10.9. The Kier molecular flexibility index (Phi) is 4.63. The van der Waals surface area contributed by atoms with E-state index in [9.17, 15) is 4.79 Å². The molecule has 1 aromatic carbocycles. The van der Waals surface area contributed by atoms with Gasteiger partial charge in [-0.25, -0.2) is 4.98 Å². The fourth-order valence-corrected chi connectivity index (χ4v) is 3.31. The lowest BCUT2D eigenvalue weighted by Gasteiger charge is -2.42. The van der Waals surface area contributed by atoms with E-state index in [0.717, 1.165) is 42.8 Å². The van der Waals surface area contributed by atoms with Gasteiger partial charge < -0.3 is 15.0 Å². The molecule has 1 aromatic heterocycles. The lowest BCUT2D eigenvalue weighted by molar-refractivity contribution is -0.139. The molecule has 1 saturated carbocycles. The Labute approximate surface area is 136 Å². The van der Waals surface area contributed by atoms with Crippen LogP contribution in [0.15, 0.2) is 24.3 Å². The minimum atomic E-state index is -0.747. The number of rotatable bonds is 7. The summed E-state index contributed by atoms with van der Waals surface area (Å²) in [5.74, 6) is 0.287. The van der Waals surface area contributed by atoms with E-state index in [1.54, 1.807) is 0 Å². The Balaban J connectivity index is 1.52. The first-order valence-electron chi connectivity index (χ1n) is 8.18. The summed E-state index contributed by atoms with van der Waals surface area (Å²) in [4.78, 5) is 17.6. The fraction of sp³-hybridized carbons (Fsp3) is 0.529. The Morgan fingerprint density at radius 1 is 1.43 bits per heavy atom. The molecular weight excluding hydrogens is 292 g/mol. The van der Waals surface area contributed by atoms with Gasteiger partial charge in [0.1, 0.15) is 5.82 Å². The number of fused-ring (bicyclic) bond motifs is 1. The largest absolute Gasteiger partial charge is 0.480 e. The minimum Gasteiger partial charge on any atom is -0.480 e. The molecule has 0 atom stereocenters. The van der Waals surface area contributed by atoms with Gasteiger partial charge in [0, 0.05) is 19.1 Å². The standard InChI is InChI=1S/C17H24N4O2/c1-3-21(11-17(22)23)13-8-12(9-13)18-10-16-19-14-6-4-5-7-15(14)20(16)2/h4-7,12-13,18H,3,8-11H2,1-2H3,(H,22,23). The molecule has 0 unspecified atom stereocenters. The van der Waals surface area contributed by atoms with Gasteiger partial charge in [0.2, 0.25) is 0 Å². The quantitative estimate of drug-likeness (QED) is 0.812. The third-order valence-corrected chi connectivity index (χ3v) is 4.80. The van der Waals surface area contributed by atoms with Crippen molar-refractivity contribution in [2.75, 3.05) is 13.1 Å². The zero-order chi connectivity index (χ0) is 16.4. The predicted octanol–water partition coefficient (Wildman–Crippen LogP) is 1.60. The normalized spacial score (nSPS) is 20.8. The first-order chi connectivity index (χ1) is 11.1. The number of nitrogens with one attached hydrogen (secondary N) is 1. The third-order valence-electron chi connectivity index (χ3n) is 4.80. The molecule has 6 heteroatoms. The minimum absolute atomic E-state index is 0.138. The van der Waals surface area contributed by atoms with Crippen LogP contribution in [0.2, 0.25) is 0 Å². The van der Waals surface area contributed by atoms with Crippen LogP contribution in [0.4, 0.5) is 0 Å². The number of aryl methyl sites for hydroxylation is 1. The van der Waals surface area contributed by atoms with E-state index < -0.39 is 5.97 Å². The van der Waals surface area contributed by atoms with Gasteiger partial charge >= 0.3 is 5.97 Å². The third kappa shape index (κ3) is 3.38.